The second-order valence-corrected chi connectivity index (χ2v) is 4.47. The number of ketones is 1. The molecule has 2 rings (SSSR count). The van der Waals surface area contributed by atoms with Crippen LogP contribution in [0.3, 0.4) is 0 Å². The Labute approximate surface area is 103 Å². The highest BCUT2D eigenvalue weighted by Crippen LogP contribution is 2.28. The highest BCUT2D eigenvalue weighted by atomic mass is 19.4. The SMILES string of the molecule is O=C(O)C(F)(F)F.O=C1CCNC2CCCCC12. The van der Waals surface area contributed by atoms with Crippen LogP contribution in [0.5, 0.6) is 0 Å². The lowest BCUT2D eigenvalue weighted by molar-refractivity contribution is -0.192. The molecule has 4 nitrogen and oxygen atoms in total. The van der Waals surface area contributed by atoms with Gasteiger partial charge in [0.05, 0.1) is 0 Å². The van der Waals surface area contributed by atoms with Crippen molar-refractivity contribution in [1.82, 2.24) is 5.32 Å². The number of carboxylic acids is 1. The van der Waals surface area contributed by atoms with Crippen LogP contribution in [0.1, 0.15) is 32.1 Å². The van der Waals surface area contributed by atoms with Crippen molar-refractivity contribution in [2.75, 3.05) is 6.54 Å². The Morgan fingerprint density at radius 2 is 1.83 bits per heavy atom. The number of carbonyl (C=O) groups excluding carboxylic acids is 1. The molecule has 2 N–H and O–H groups in total. The molecule has 0 bridgehead atoms. The quantitative estimate of drug-likeness (QED) is 0.701. The van der Waals surface area contributed by atoms with Gasteiger partial charge < -0.3 is 10.4 Å². The van der Waals surface area contributed by atoms with Crippen LogP contribution in [0.15, 0.2) is 0 Å². The summed E-state index contributed by atoms with van der Waals surface area (Å²) in [6, 6.07) is 0.532. The lowest BCUT2D eigenvalue weighted by Gasteiger charge is -2.34. The minimum atomic E-state index is -5.08. The van der Waals surface area contributed by atoms with E-state index in [2.05, 4.69) is 5.32 Å². The Kier molecular flexibility index (Phi) is 5.13. The van der Waals surface area contributed by atoms with Crippen molar-refractivity contribution in [3.8, 4) is 0 Å². The summed E-state index contributed by atoms with van der Waals surface area (Å²) in [6.07, 6.45) is 0.601. The molecule has 0 aromatic rings. The minimum absolute atomic E-state index is 0.373. The molecule has 104 valence electrons. The Balaban J connectivity index is 0.000000203. The normalized spacial score (nSPS) is 27.8. The highest BCUT2D eigenvalue weighted by Gasteiger charge is 2.38. The van der Waals surface area contributed by atoms with Gasteiger partial charge in [-0.2, -0.15) is 13.2 Å². The zero-order valence-electron chi connectivity index (χ0n) is 9.79. The maximum Gasteiger partial charge on any atom is 0.490 e. The maximum atomic E-state index is 11.4. The molecule has 18 heavy (non-hydrogen) atoms. The molecule has 1 saturated carbocycles. The van der Waals surface area contributed by atoms with Crippen molar-refractivity contribution in [3.63, 3.8) is 0 Å². The summed E-state index contributed by atoms with van der Waals surface area (Å²) in [5.74, 6) is -1.88. The second-order valence-electron chi connectivity index (χ2n) is 4.47. The van der Waals surface area contributed by atoms with Gasteiger partial charge in [-0.25, -0.2) is 4.79 Å². The topological polar surface area (TPSA) is 66.4 Å². The van der Waals surface area contributed by atoms with Crippen molar-refractivity contribution in [2.24, 2.45) is 5.92 Å². The third-order valence-electron chi connectivity index (χ3n) is 3.20. The van der Waals surface area contributed by atoms with Gasteiger partial charge in [0.2, 0.25) is 0 Å². The van der Waals surface area contributed by atoms with E-state index in [4.69, 9.17) is 9.90 Å². The molecule has 2 unspecified atom stereocenters. The molecule has 0 radical (unpaired) electrons. The molecule has 2 atom stereocenters. The molecule has 2 aliphatic rings. The number of hydrogen-bond acceptors (Lipinski definition) is 3. The Hall–Kier alpha value is -1.11. The van der Waals surface area contributed by atoms with E-state index in [9.17, 15) is 18.0 Å². The van der Waals surface area contributed by atoms with Crippen LogP contribution >= 0.6 is 0 Å². The molecule has 0 aromatic carbocycles. The number of fused-ring (bicyclic) bond motifs is 1. The van der Waals surface area contributed by atoms with E-state index in [0.29, 0.717) is 17.7 Å². The van der Waals surface area contributed by atoms with Crippen molar-refractivity contribution in [1.29, 1.82) is 0 Å². The molecule has 0 amide bonds. The van der Waals surface area contributed by atoms with Gasteiger partial charge in [0.25, 0.3) is 0 Å². The van der Waals surface area contributed by atoms with E-state index in [-0.39, 0.29) is 0 Å². The fourth-order valence-electron chi connectivity index (χ4n) is 2.33. The molecule has 7 heteroatoms. The van der Waals surface area contributed by atoms with Crippen LogP contribution in [0.25, 0.3) is 0 Å². The number of carbonyl (C=O) groups is 2. The zero-order chi connectivity index (χ0) is 13.8. The minimum Gasteiger partial charge on any atom is -0.475 e. The number of halogens is 3. The fraction of sp³-hybridized carbons (Fsp3) is 0.818. The van der Waals surface area contributed by atoms with E-state index in [1.54, 1.807) is 0 Å². The van der Waals surface area contributed by atoms with E-state index in [0.717, 1.165) is 19.4 Å². The molecule has 1 heterocycles. The van der Waals surface area contributed by atoms with E-state index >= 15 is 0 Å². The third kappa shape index (κ3) is 4.29. The Bertz CT molecular complexity index is 315. The molecule has 1 saturated heterocycles. The van der Waals surface area contributed by atoms with Gasteiger partial charge in [-0.3, -0.25) is 4.79 Å². The first-order valence-electron chi connectivity index (χ1n) is 5.88. The first-order chi connectivity index (χ1) is 8.32. The lowest BCUT2D eigenvalue weighted by atomic mass is 9.79. The van der Waals surface area contributed by atoms with E-state index < -0.39 is 12.1 Å². The number of alkyl halides is 3. The average molecular weight is 267 g/mol. The molecule has 0 spiro atoms. The molecule has 1 aliphatic carbocycles. The van der Waals surface area contributed by atoms with Crippen molar-refractivity contribution in [2.45, 2.75) is 44.3 Å². The van der Waals surface area contributed by atoms with Gasteiger partial charge in [-0.05, 0) is 12.8 Å². The average Bonchev–Trinajstić information content (AvgIpc) is 2.29. The zero-order valence-corrected chi connectivity index (χ0v) is 9.79. The number of nitrogens with one attached hydrogen (secondary N) is 1. The first-order valence-corrected chi connectivity index (χ1v) is 5.88. The summed E-state index contributed by atoms with van der Waals surface area (Å²) < 4.78 is 31.7. The first kappa shape index (κ1) is 14.9. The van der Waals surface area contributed by atoms with Gasteiger partial charge in [0, 0.05) is 24.9 Å². The number of piperidine rings is 1. The van der Waals surface area contributed by atoms with Crippen LogP contribution in [-0.2, 0) is 9.59 Å². The van der Waals surface area contributed by atoms with Gasteiger partial charge in [-0.15, -0.1) is 0 Å². The van der Waals surface area contributed by atoms with Gasteiger partial charge in [0.1, 0.15) is 5.78 Å². The van der Waals surface area contributed by atoms with E-state index in [1.807, 2.05) is 0 Å². The van der Waals surface area contributed by atoms with Crippen molar-refractivity contribution >= 4 is 11.8 Å². The molecular formula is C11H16F3NO3. The predicted molar refractivity (Wildman–Crippen MR) is 57.1 cm³/mol. The summed E-state index contributed by atoms with van der Waals surface area (Å²) >= 11 is 0. The molecule has 1 aliphatic heterocycles. The van der Waals surface area contributed by atoms with Gasteiger partial charge in [-0.1, -0.05) is 12.8 Å². The van der Waals surface area contributed by atoms with Crippen LogP contribution in [0.2, 0.25) is 0 Å². The van der Waals surface area contributed by atoms with Gasteiger partial charge >= 0.3 is 12.1 Å². The standard InChI is InChI=1S/C9H15NO.C2HF3O2/c11-9-5-6-10-8-4-2-1-3-7(8)9;3-2(4,5)1(6)7/h7-8,10H,1-6H2;(H,6,7). The number of carboxylic acid groups (broad SMARTS) is 1. The highest BCUT2D eigenvalue weighted by molar-refractivity contribution is 5.82. The number of aliphatic carboxylic acids is 1. The smallest absolute Gasteiger partial charge is 0.475 e. The summed E-state index contributed by atoms with van der Waals surface area (Å²) in [7, 11) is 0. The molecule has 0 aromatic heterocycles. The number of rotatable bonds is 0. The fourth-order valence-corrected chi connectivity index (χ4v) is 2.33. The summed E-state index contributed by atoms with van der Waals surface area (Å²) in [6.45, 7) is 0.917. The van der Waals surface area contributed by atoms with Crippen LogP contribution in [-0.4, -0.2) is 35.6 Å². The van der Waals surface area contributed by atoms with E-state index in [1.165, 1.54) is 19.3 Å². The largest absolute Gasteiger partial charge is 0.490 e. The van der Waals surface area contributed by atoms with Crippen LogP contribution < -0.4 is 5.32 Å². The molecular weight excluding hydrogens is 251 g/mol. The Morgan fingerprint density at radius 1 is 1.28 bits per heavy atom. The monoisotopic (exact) mass is 267 g/mol. The molecule has 2 fully saturated rings. The van der Waals surface area contributed by atoms with Crippen LogP contribution in [0, 0.1) is 5.92 Å². The number of Topliss-reactive ketones (excluding diaryl/α,β-unsaturated/α-hetero) is 1. The number of hydrogen-bond donors (Lipinski definition) is 2. The van der Waals surface area contributed by atoms with Crippen molar-refractivity contribution in [3.05, 3.63) is 0 Å². The van der Waals surface area contributed by atoms with Gasteiger partial charge in [0.15, 0.2) is 0 Å². The lowest BCUT2D eigenvalue weighted by Crippen LogP contribution is -2.47. The predicted octanol–water partition coefficient (Wildman–Crippen LogP) is 1.74. The second kappa shape index (κ2) is 6.17. The summed E-state index contributed by atoms with van der Waals surface area (Å²) in [4.78, 5) is 20.3. The van der Waals surface area contributed by atoms with Crippen LogP contribution in [0.4, 0.5) is 13.2 Å². The third-order valence-corrected chi connectivity index (χ3v) is 3.20. The Morgan fingerprint density at radius 3 is 2.33 bits per heavy atom. The van der Waals surface area contributed by atoms with Crippen molar-refractivity contribution < 1.29 is 27.9 Å². The summed E-state index contributed by atoms with van der Waals surface area (Å²) in [5.41, 5.74) is 0. The maximum absolute atomic E-state index is 11.4. The summed E-state index contributed by atoms with van der Waals surface area (Å²) in [5, 5.41) is 10.6.